The number of nitrogens with one attached hydrogen (secondary N) is 1. The lowest BCUT2D eigenvalue weighted by atomic mass is 10.0. The Hall–Kier alpha value is -2.53. The Morgan fingerprint density at radius 3 is 2.76 bits per heavy atom. The Kier molecular flexibility index (Phi) is 5.24. The summed E-state index contributed by atoms with van der Waals surface area (Å²) in [6.45, 7) is 0.350. The van der Waals surface area contributed by atoms with E-state index in [9.17, 15) is 9.90 Å². The molecule has 1 atom stereocenters. The summed E-state index contributed by atoms with van der Waals surface area (Å²) in [5, 5.41) is 12.9. The van der Waals surface area contributed by atoms with Crippen molar-refractivity contribution in [1.82, 2.24) is 4.90 Å². The van der Waals surface area contributed by atoms with Crippen molar-refractivity contribution in [2.75, 3.05) is 26.0 Å². The molecule has 2 amide bonds. The number of hydrogen-bond acceptors (Lipinski definition) is 3. The van der Waals surface area contributed by atoms with Crippen LogP contribution in [0.2, 0.25) is 0 Å². The molecule has 0 bridgehead atoms. The van der Waals surface area contributed by atoms with Crippen LogP contribution in [0.25, 0.3) is 11.1 Å². The summed E-state index contributed by atoms with van der Waals surface area (Å²) < 4.78 is 5.41. The van der Waals surface area contributed by atoms with Gasteiger partial charge in [0.1, 0.15) is 5.75 Å². The number of hydrogen-bond donors (Lipinski definition) is 2. The molecular weight excluding hydrogens is 316 g/mol. The van der Waals surface area contributed by atoms with Crippen molar-refractivity contribution >= 4 is 11.7 Å². The molecule has 0 heterocycles. The van der Waals surface area contributed by atoms with Crippen LogP contribution in [0.5, 0.6) is 5.75 Å². The van der Waals surface area contributed by atoms with Gasteiger partial charge in [-0.2, -0.15) is 0 Å². The third-order valence-electron chi connectivity index (χ3n) is 4.51. The topological polar surface area (TPSA) is 61.8 Å². The van der Waals surface area contributed by atoms with Gasteiger partial charge in [-0.1, -0.05) is 30.3 Å². The summed E-state index contributed by atoms with van der Waals surface area (Å²) in [6.07, 6.45) is 1.67. The van der Waals surface area contributed by atoms with Crippen molar-refractivity contribution in [1.29, 1.82) is 0 Å². The maximum absolute atomic E-state index is 12.3. The fraction of sp³-hybridized carbons (Fsp3) is 0.350. The smallest absolute Gasteiger partial charge is 0.321 e. The molecule has 2 aromatic rings. The van der Waals surface area contributed by atoms with E-state index in [1.54, 1.807) is 14.2 Å². The lowest BCUT2D eigenvalue weighted by Gasteiger charge is -2.21. The summed E-state index contributed by atoms with van der Waals surface area (Å²) >= 11 is 0. The Morgan fingerprint density at radius 2 is 2.04 bits per heavy atom. The minimum Gasteiger partial charge on any atom is -0.496 e. The summed E-state index contributed by atoms with van der Waals surface area (Å²) in [7, 11) is 3.34. The van der Waals surface area contributed by atoms with Gasteiger partial charge >= 0.3 is 6.03 Å². The van der Waals surface area contributed by atoms with Crippen LogP contribution < -0.4 is 10.1 Å². The van der Waals surface area contributed by atoms with E-state index in [2.05, 4.69) is 5.32 Å². The first-order valence-corrected chi connectivity index (χ1v) is 8.52. The van der Waals surface area contributed by atoms with E-state index in [-0.39, 0.29) is 6.03 Å². The van der Waals surface area contributed by atoms with Gasteiger partial charge in [-0.25, -0.2) is 4.79 Å². The molecule has 132 valence electrons. The van der Waals surface area contributed by atoms with E-state index in [1.807, 2.05) is 48.5 Å². The zero-order valence-corrected chi connectivity index (χ0v) is 14.6. The third kappa shape index (κ3) is 4.31. The van der Waals surface area contributed by atoms with Gasteiger partial charge in [0.05, 0.1) is 13.2 Å². The molecule has 2 aromatic carbocycles. The first kappa shape index (κ1) is 17.3. The van der Waals surface area contributed by atoms with Crippen LogP contribution in [-0.2, 0) is 0 Å². The maximum Gasteiger partial charge on any atom is 0.321 e. The Labute approximate surface area is 148 Å². The number of carbonyl (C=O) groups is 1. The number of aliphatic hydroxyl groups excluding tert-OH is 1. The zero-order valence-electron chi connectivity index (χ0n) is 14.6. The van der Waals surface area contributed by atoms with Crippen molar-refractivity contribution in [2.24, 2.45) is 5.92 Å². The normalized spacial score (nSPS) is 14.7. The minimum atomic E-state index is -0.435. The number of anilines is 1. The molecule has 0 aromatic heterocycles. The van der Waals surface area contributed by atoms with Crippen molar-refractivity contribution in [3.05, 3.63) is 48.5 Å². The van der Waals surface area contributed by atoms with Gasteiger partial charge < -0.3 is 20.1 Å². The van der Waals surface area contributed by atoms with E-state index < -0.39 is 6.10 Å². The van der Waals surface area contributed by atoms with Crippen LogP contribution in [0.3, 0.4) is 0 Å². The Balaban J connectivity index is 1.69. The number of aliphatic hydroxyl groups is 1. The number of carbonyl (C=O) groups excluding carboxylic acids is 1. The number of nitrogens with zero attached hydrogens (tertiary/aromatic N) is 1. The SMILES string of the molecule is COc1ccccc1-c1cccc(NC(=O)N(C)CC(O)C2CC2)c1. The predicted octanol–water partition coefficient (Wildman–Crippen LogP) is 3.60. The Morgan fingerprint density at radius 1 is 1.28 bits per heavy atom. The van der Waals surface area contributed by atoms with Gasteiger partial charge in [0.15, 0.2) is 0 Å². The molecule has 0 radical (unpaired) electrons. The molecule has 1 saturated carbocycles. The molecule has 1 aliphatic rings. The van der Waals surface area contributed by atoms with Crippen molar-refractivity contribution in [3.63, 3.8) is 0 Å². The average molecular weight is 340 g/mol. The molecule has 5 heteroatoms. The lowest BCUT2D eigenvalue weighted by Crippen LogP contribution is -2.38. The second kappa shape index (κ2) is 7.57. The minimum absolute atomic E-state index is 0.225. The molecule has 1 fully saturated rings. The van der Waals surface area contributed by atoms with Gasteiger partial charge in [-0.05, 0) is 42.5 Å². The highest BCUT2D eigenvalue weighted by molar-refractivity contribution is 5.90. The summed E-state index contributed by atoms with van der Waals surface area (Å²) in [5.74, 6) is 1.14. The van der Waals surface area contributed by atoms with Gasteiger partial charge in [0, 0.05) is 24.8 Å². The maximum atomic E-state index is 12.3. The van der Waals surface area contributed by atoms with E-state index in [1.165, 1.54) is 4.90 Å². The van der Waals surface area contributed by atoms with Crippen LogP contribution in [0.4, 0.5) is 10.5 Å². The second-order valence-corrected chi connectivity index (χ2v) is 6.50. The third-order valence-corrected chi connectivity index (χ3v) is 4.51. The van der Waals surface area contributed by atoms with Gasteiger partial charge in [0.2, 0.25) is 0 Å². The average Bonchev–Trinajstić information content (AvgIpc) is 3.47. The molecule has 0 spiro atoms. The molecule has 0 saturated heterocycles. The highest BCUT2D eigenvalue weighted by Crippen LogP contribution is 2.33. The fourth-order valence-electron chi connectivity index (χ4n) is 2.86. The first-order valence-electron chi connectivity index (χ1n) is 8.52. The highest BCUT2D eigenvalue weighted by Gasteiger charge is 2.31. The van der Waals surface area contributed by atoms with Crippen LogP contribution in [0.15, 0.2) is 48.5 Å². The number of rotatable bonds is 6. The standard InChI is InChI=1S/C20H24N2O3/c1-22(13-18(23)14-10-11-14)20(24)21-16-7-5-6-15(12-16)17-8-3-4-9-19(17)25-2/h3-9,12,14,18,23H,10-11,13H2,1-2H3,(H,21,24). The number of para-hydroxylation sites is 1. The van der Waals surface area contributed by atoms with E-state index in [4.69, 9.17) is 4.74 Å². The number of likely N-dealkylation sites (N-methyl/N-ethyl adjacent to an activating group) is 1. The molecule has 25 heavy (non-hydrogen) atoms. The number of amides is 2. The van der Waals surface area contributed by atoms with E-state index >= 15 is 0 Å². The molecular formula is C20H24N2O3. The van der Waals surface area contributed by atoms with Crippen LogP contribution in [-0.4, -0.2) is 42.8 Å². The van der Waals surface area contributed by atoms with Crippen LogP contribution in [0, 0.1) is 5.92 Å². The summed E-state index contributed by atoms with van der Waals surface area (Å²) in [6, 6.07) is 15.2. The van der Waals surface area contributed by atoms with Gasteiger partial charge in [-0.15, -0.1) is 0 Å². The van der Waals surface area contributed by atoms with E-state index in [0.29, 0.717) is 18.2 Å². The van der Waals surface area contributed by atoms with Gasteiger partial charge in [0.25, 0.3) is 0 Å². The van der Waals surface area contributed by atoms with Crippen molar-refractivity contribution in [3.8, 4) is 16.9 Å². The Bertz CT molecular complexity index is 743. The summed E-state index contributed by atoms with van der Waals surface area (Å²) in [4.78, 5) is 13.9. The van der Waals surface area contributed by atoms with E-state index in [0.717, 1.165) is 29.7 Å². The van der Waals surface area contributed by atoms with Crippen molar-refractivity contribution < 1.29 is 14.6 Å². The first-order chi connectivity index (χ1) is 12.1. The molecule has 5 nitrogen and oxygen atoms in total. The van der Waals surface area contributed by atoms with Crippen LogP contribution in [0.1, 0.15) is 12.8 Å². The monoisotopic (exact) mass is 340 g/mol. The number of methoxy groups -OCH3 is 1. The fourth-order valence-corrected chi connectivity index (χ4v) is 2.86. The molecule has 0 aliphatic heterocycles. The number of urea groups is 1. The number of benzene rings is 2. The highest BCUT2D eigenvalue weighted by atomic mass is 16.5. The number of ether oxygens (including phenoxy) is 1. The van der Waals surface area contributed by atoms with Crippen molar-refractivity contribution in [2.45, 2.75) is 18.9 Å². The molecule has 1 aliphatic carbocycles. The molecule has 2 N–H and O–H groups in total. The molecule has 3 rings (SSSR count). The second-order valence-electron chi connectivity index (χ2n) is 6.50. The van der Waals surface area contributed by atoms with Crippen LogP contribution >= 0.6 is 0 Å². The van der Waals surface area contributed by atoms with Gasteiger partial charge in [-0.3, -0.25) is 0 Å². The lowest BCUT2D eigenvalue weighted by molar-refractivity contribution is 0.117. The zero-order chi connectivity index (χ0) is 17.8. The summed E-state index contributed by atoms with van der Waals surface area (Å²) in [5.41, 5.74) is 2.65. The molecule has 1 unspecified atom stereocenters. The predicted molar refractivity (Wildman–Crippen MR) is 98.8 cm³/mol. The largest absolute Gasteiger partial charge is 0.496 e. The quantitative estimate of drug-likeness (QED) is 0.845.